The largest absolute Gasteiger partial charge is 0.394 e. The SMILES string of the molecule is CC1COC(CO)CN1C(=O)CSCCc1ccccc1. The second kappa shape index (κ2) is 8.41. The van der Waals surface area contributed by atoms with E-state index in [1.807, 2.05) is 30.0 Å². The Balaban J connectivity index is 1.71. The summed E-state index contributed by atoms with van der Waals surface area (Å²) in [5, 5.41) is 9.15. The average molecular weight is 309 g/mol. The van der Waals surface area contributed by atoms with Gasteiger partial charge >= 0.3 is 0 Å². The molecule has 1 N–H and O–H groups in total. The molecule has 1 amide bonds. The predicted octanol–water partition coefficient (Wildman–Crippen LogP) is 1.57. The number of morpholine rings is 1. The zero-order valence-electron chi connectivity index (χ0n) is 12.4. The molecule has 4 nitrogen and oxygen atoms in total. The number of benzene rings is 1. The number of thioether (sulfide) groups is 1. The van der Waals surface area contributed by atoms with E-state index in [0.29, 0.717) is 18.9 Å². The minimum Gasteiger partial charge on any atom is -0.394 e. The van der Waals surface area contributed by atoms with Crippen molar-refractivity contribution in [2.45, 2.75) is 25.5 Å². The summed E-state index contributed by atoms with van der Waals surface area (Å²) in [6, 6.07) is 10.4. The van der Waals surface area contributed by atoms with Crippen LogP contribution in [0.4, 0.5) is 0 Å². The van der Waals surface area contributed by atoms with Crippen LogP contribution in [0.15, 0.2) is 30.3 Å². The van der Waals surface area contributed by atoms with Crippen LogP contribution in [-0.2, 0) is 16.0 Å². The van der Waals surface area contributed by atoms with Crippen molar-refractivity contribution in [3.63, 3.8) is 0 Å². The molecule has 5 heteroatoms. The van der Waals surface area contributed by atoms with E-state index < -0.39 is 0 Å². The van der Waals surface area contributed by atoms with E-state index in [2.05, 4.69) is 12.1 Å². The molecule has 1 aromatic carbocycles. The average Bonchev–Trinajstić information content (AvgIpc) is 2.53. The lowest BCUT2D eigenvalue weighted by molar-refractivity contribution is -0.143. The third kappa shape index (κ3) is 5.02. The lowest BCUT2D eigenvalue weighted by Gasteiger charge is -2.37. The molecule has 2 atom stereocenters. The van der Waals surface area contributed by atoms with Crippen molar-refractivity contribution < 1.29 is 14.6 Å². The number of carbonyl (C=O) groups is 1. The van der Waals surface area contributed by atoms with E-state index in [1.54, 1.807) is 11.8 Å². The molecule has 21 heavy (non-hydrogen) atoms. The third-order valence-electron chi connectivity index (χ3n) is 3.63. The molecule has 1 fully saturated rings. The number of hydrogen-bond acceptors (Lipinski definition) is 4. The summed E-state index contributed by atoms with van der Waals surface area (Å²) in [4.78, 5) is 14.1. The van der Waals surface area contributed by atoms with Gasteiger partial charge in [0.05, 0.1) is 31.1 Å². The maximum atomic E-state index is 12.2. The molecular formula is C16H23NO3S. The Hall–Kier alpha value is -1.04. The van der Waals surface area contributed by atoms with Crippen LogP contribution in [0.3, 0.4) is 0 Å². The zero-order valence-corrected chi connectivity index (χ0v) is 13.2. The Morgan fingerprint density at radius 2 is 2.19 bits per heavy atom. The molecule has 1 aliphatic rings. The van der Waals surface area contributed by atoms with Crippen molar-refractivity contribution in [2.24, 2.45) is 0 Å². The van der Waals surface area contributed by atoms with Crippen LogP contribution >= 0.6 is 11.8 Å². The highest BCUT2D eigenvalue weighted by molar-refractivity contribution is 7.99. The molecule has 0 saturated carbocycles. The Morgan fingerprint density at radius 3 is 2.90 bits per heavy atom. The van der Waals surface area contributed by atoms with Gasteiger partial charge in [-0.25, -0.2) is 0 Å². The van der Waals surface area contributed by atoms with Gasteiger partial charge in [0, 0.05) is 6.54 Å². The lowest BCUT2D eigenvalue weighted by Crippen LogP contribution is -2.52. The molecule has 1 aromatic rings. The fraction of sp³-hybridized carbons (Fsp3) is 0.562. The summed E-state index contributed by atoms with van der Waals surface area (Å²) in [7, 11) is 0. The quantitative estimate of drug-likeness (QED) is 0.811. The molecule has 116 valence electrons. The van der Waals surface area contributed by atoms with E-state index in [9.17, 15) is 4.79 Å². The topological polar surface area (TPSA) is 49.8 Å². The number of carbonyl (C=O) groups excluding carboxylic acids is 1. The van der Waals surface area contributed by atoms with Crippen LogP contribution in [-0.4, -0.2) is 59.3 Å². The Bertz CT molecular complexity index is 440. The van der Waals surface area contributed by atoms with Crippen LogP contribution < -0.4 is 0 Å². The molecule has 2 unspecified atom stereocenters. The molecule has 0 aliphatic carbocycles. The van der Waals surface area contributed by atoms with Crippen LogP contribution in [0.25, 0.3) is 0 Å². The van der Waals surface area contributed by atoms with Gasteiger partial charge in [0.1, 0.15) is 0 Å². The molecule has 1 saturated heterocycles. The third-order valence-corrected chi connectivity index (χ3v) is 4.58. The van der Waals surface area contributed by atoms with Gasteiger partial charge in [0.2, 0.25) is 5.91 Å². The standard InChI is InChI=1S/C16H23NO3S/c1-13-11-20-15(10-18)9-17(13)16(19)12-21-8-7-14-5-3-2-4-6-14/h2-6,13,15,18H,7-12H2,1H3. The Kier molecular flexibility index (Phi) is 6.54. The Morgan fingerprint density at radius 1 is 1.43 bits per heavy atom. The summed E-state index contributed by atoms with van der Waals surface area (Å²) < 4.78 is 5.45. The number of aryl methyl sites for hydroxylation is 1. The maximum absolute atomic E-state index is 12.2. The molecule has 1 heterocycles. The summed E-state index contributed by atoms with van der Waals surface area (Å²) >= 11 is 1.67. The van der Waals surface area contributed by atoms with Gasteiger partial charge in [-0.1, -0.05) is 30.3 Å². The van der Waals surface area contributed by atoms with Crippen LogP contribution in [0.5, 0.6) is 0 Å². The van der Waals surface area contributed by atoms with Crippen LogP contribution in [0.2, 0.25) is 0 Å². The monoisotopic (exact) mass is 309 g/mol. The van der Waals surface area contributed by atoms with Crippen molar-refractivity contribution in [2.75, 3.05) is 31.3 Å². The predicted molar refractivity (Wildman–Crippen MR) is 85.5 cm³/mol. The van der Waals surface area contributed by atoms with Gasteiger partial charge in [0.25, 0.3) is 0 Å². The van der Waals surface area contributed by atoms with Gasteiger partial charge in [-0.05, 0) is 24.7 Å². The van der Waals surface area contributed by atoms with Gasteiger partial charge in [0.15, 0.2) is 0 Å². The summed E-state index contributed by atoms with van der Waals surface area (Å²) in [5.74, 6) is 1.58. The molecule has 0 spiro atoms. The molecule has 0 radical (unpaired) electrons. The number of nitrogens with zero attached hydrogens (tertiary/aromatic N) is 1. The number of amides is 1. The van der Waals surface area contributed by atoms with E-state index in [4.69, 9.17) is 9.84 Å². The first-order valence-corrected chi connectivity index (χ1v) is 8.49. The van der Waals surface area contributed by atoms with E-state index >= 15 is 0 Å². The lowest BCUT2D eigenvalue weighted by atomic mass is 10.2. The van der Waals surface area contributed by atoms with E-state index in [-0.39, 0.29) is 24.7 Å². The summed E-state index contributed by atoms with van der Waals surface area (Å²) in [6.45, 7) is 2.96. The normalized spacial score (nSPS) is 22.3. The highest BCUT2D eigenvalue weighted by Gasteiger charge is 2.28. The number of ether oxygens (including phenoxy) is 1. The molecule has 0 bridgehead atoms. The molecule has 2 rings (SSSR count). The molecular weight excluding hydrogens is 286 g/mol. The highest BCUT2D eigenvalue weighted by atomic mass is 32.2. The molecule has 0 aromatic heterocycles. The van der Waals surface area contributed by atoms with Crippen LogP contribution in [0, 0.1) is 0 Å². The maximum Gasteiger partial charge on any atom is 0.232 e. The first-order valence-electron chi connectivity index (χ1n) is 7.34. The van der Waals surface area contributed by atoms with Crippen molar-refractivity contribution >= 4 is 17.7 Å². The number of aliphatic hydroxyl groups excluding tert-OH is 1. The van der Waals surface area contributed by atoms with Crippen molar-refractivity contribution in [3.8, 4) is 0 Å². The minimum atomic E-state index is -0.237. The number of hydrogen-bond donors (Lipinski definition) is 1. The summed E-state index contributed by atoms with van der Waals surface area (Å²) in [5.41, 5.74) is 1.30. The van der Waals surface area contributed by atoms with E-state index in [0.717, 1.165) is 12.2 Å². The number of aliphatic hydroxyl groups is 1. The minimum absolute atomic E-state index is 0.0301. The smallest absolute Gasteiger partial charge is 0.232 e. The zero-order chi connectivity index (χ0) is 15.1. The van der Waals surface area contributed by atoms with Gasteiger partial charge in [-0.2, -0.15) is 11.8 Å². The fourth-order valence-electron chi connectivity index (χ4n) is 2.35. The number of rotatable bonds is 6. The second-order valence-corrected chi connectivity index (χ2v) is 6.43. The summed E-state index contributed by atoms with van der Waals surface area (Å²) in [6.07, 6.45) is 0.746. The first kappa shape index (κ1) is 16.3. The second-order valence-electron chi connectivity index (χ2n) is 5.32. The van der Waals surface area contributed by atoms with Crippen molar-refractivity contribution in [3.05, 3.63) is 35.9 Å². The fourth-order valence-corrected chi connectivity index (χ4v) is 3.22. The highest BCUT2D eigenvalue weighted by Crippen LogP contribution is 2.14. The van der Waals surface area contributed by atoms with Crippen molar-refractivity contribution in [1.29, 1.82) is 0 Å². The first-order chi connectivity index (χ1) is 10.2. The Labute approximate surface area is 130 Å². The van der Waals surface area contributed by atoms with Gasteiger partial charge < -0.3 is 14.7 Å². The van der Waals surface area contributed by atoms with Crippen molar-refractivity contribution in [1.82, 2.24) is 4.90 Å². The van der Waals surface area contributed by atoms with Gasteiger partial charge in [-0.15, -0.1) is 0 Å². The van der Waals surface area contributed by atoms with Crippen LogP contribution in [0.1, 0.15) is 12.5 Å². The van der Waals surface area contributed by atoms with Gasteiger partial charge in [-0.3, -0.25) is 4.79 Å². The molecule has 1 aliphatic heterocycles. The van der Waals surface area contributed by atoms with E-state index in [1.165, 1.54) is 5.56 Å².